The summed E-state index contributed by atoms with van der Waals surface area (Å²) >= 11 is 0. The van der Waals surface area contributed by atoms with E-state index in [9.17, 15) is 14.4 Å². The second kappa shape index (κ2) is 8.00. The van der Waals surface area contributed by atoms with Crippen LogP contribution in [0.1, 0.15) is 16.1 Å². The summed E-state index contributed by atoms with van der Waals surface area (Å²) in [5, 5.41) is 2.55. The molecule has 9 heteroatoms. The lowest BCUT2D eigenvalue weighted by Crippen LogP contribution is -2.47. The zero-order chi connectivity index (χ0) is 19.2. The number of pyridine rings is 2. The van der Waals surface area contributed by atoms with Gasteiger partial charge in [0, 0.05) is 25.0 Å². The van der Waals surface area contributed by atoms with Crippen LogP contribution >= 0.6 is 0 Å². The number of imidazole rings is 1. The molecule has 0 aromatic carbocycles. The lowest BCUT2D eigenvalue weighted by Gasteiger charge is -2.16. The number of hydrogen-bond donors (Lipinski definition) is 3. The van der Waals surface area contributed by atoms with E-state index in [1.54, 1.807) is 48.9 Å². The van der Waals surface area contributed by atoms with E-state index in [2.05, 4.69) is 25.3 Å². The van der Waals surface area contributed by atoms with Gasteiger partial charge in [-0.15, -0.1) is 0 Å². The summed E-state index contributed by atoms with van der Waals surface area (Å²) in [6.45, 7) is 0. The van der Waals surface area contributed by atoms with E-state index < -0.39 is 23.6 Å². The number of ketones is 1. The molecule has 0 saturated heterocycles. The van der Waals surface area contributed by atoms with Gasteiger partial charge in [-0.25, -0.2) is 4.98 Å². The maximum atomic E-state index is 12.7. The zero-order valence-corrected chi connectivity index (χ0v) is 14.1. The fourth-order valence-corrected chi connectivity index (χ4v) is 2.53. The second-order valence-corrected chi connectivity index (χ2v) is 5.66. The average Bonchev–Trinajstić information content (AvgIpc) is 3.18. The molecule has 4 N–H and O–H groups in total. The SMILES string of the molecule is NC(=O)C(=O)C(Cc1ccncc1)NC(=O)c1[nH]cnc1-c1ccccn1. The Bertz CT molecular complexity index is 955. The minimum absolute atomic E-state index is 0.100. The molecule has 0 aliphatic heterocycles. The first kappa shape index (κ1) is 17.9. The summed E-state index contributed by atoms with van der Waals surface area (Å²) in [6.07, 6.45) is 6.14. The number of primary amides is 1. The van der Waals surface area contributed by atoms with Crippen LogP contribution in [-0.4, -0.2) is 43.6 Å². The number of Topliss-reactive ketones (excluding diaryl/α,β-unsaturated/α-hetero) is 1. The number of aromatic nitrogens is 4. The van der Waals surface area contributed by atoms with Crippen molar-refractivity contribution in [2.75, 3.05) is 0 Å². The van der Waals surface area contributed by atoms with Gasteiger partial charge in [0.05, 0.1) is 12.0 Å². The largest absolute Gasteiger partial charge is 0.363 e. The maximum absolute atomic E-state index is 12.7. The van der Waals surface area contributed by atoms with Crippen LogP contribution in [-0.2, 0) is 16.0 Å². The third-order valence-electron chi connectivity index (χ3n) is 3.83. The minimum atomic E-state index is -1.12. The molecule has 0 saturated carbocycles. The first-order valence-electron chi connectivity index (χ1n) is 8.04. The number of nitrogens with zero attached hydrogens (tertiary/aromatic N) is 3. The van der Waals surface area contributed by atoms with Crippen molar-refractivity contribution < 1.29 is 14.4 Å². The van der Waals surface area contributed by atoms with Crippen LogP contribution < -0.4 is 11.1 Å². The first-order chi connectivity index (χ1) is 13.1. The third kappa shape index (κ3) is 4.21. The number of H-pyrrole nitrogens is 1. The van der Waals surface area contributed by atoms with Crippen molar-refractivity contribution in [3.05, 3.63) is 66.5 Å². The van der Waals surface area contributed by atoms with E-state index in [0.717, 1.165) is 5.56 Å². The van der Waals surface area contributed by atoms with Crippen LogP contribution in [0.2, 0.25) is 0 Å². The third-order valence-corrected chi connectivity index (χ3v) is 3.83. The molecule has 0 aliphatic carbocycles. The number of aromatic amines is 1. The van der Waals surface area contributed by atoms with Gasteiger partial charge in [-0.1, -0.05) is 6.07 Å². The van der Waals surface area contributed by atoms with Gasteiger partial charge in [-0.2, -0.15) is 0 Å². The number of nitrogens with two attached hydrogens (primary N) is 1. The van der Waals surface area contributed by atoms with Crippen molar-refractivity contribution in [2.24, 2.45) is 5.73 Å². The van der Waals surface area contributed by atoms with Crippen LogP contribution in [0.15, 0.2) is 55.2 Å². The average molecular weight is 364 g/mol. The van der Waals surface area contributed by atoms with E-state index in [0.29, 0.717) is 11.4 Å². The number of nitrogens with one attached hydrogen (secondary N) is 2. The molecule has 1 unspecified atom stereocenters. The summed E-state index contributed by atoms with van der Waals surface area (Å²) in [5.41, 5.74) is 6.81. The Labute approximate surface area is 154 Å². The number of hydrogen-bond acceptors (Lipinski definition) is 6. The summed E-state index contributed by atoms with van der Waals surface area (Å²) in [5.74, 6) is -2.61. The summed E-state index contributed by atoms with van der Waals surface area (Å²) in [4.78, 5) is 51.1. The molecular weight excluding hydrogens is 348 g/mol. The Balaban J connectivity index is 1.84. The molecule has 3 heterocycles. The van der Waals surface area contributed by atoms with Gasteiger partial charge in [0.15, 0.2) is 0 Å². The normalized spacial score (nSPS) is 11.6. The predicted octanol–water partition coefficient (Wildman–Crippen LogP) is 0.262. The van der Waals surface area contributed by atoms with Crippen molar-refractivity contribution in [3.63, 3.8) is 0 Å². The van der Waals surface area contributed by atoms with E-state index in [1.807, 2.05) is 0 Å². The monoisotopic (exact) mass is 364 g/mol. The predicted molar refractivity (Wildman–Crippen MR) is 95.2 cm³/mol. The highest BCUT2D eigenvalue weighted by atomic mass is 16.2. The number of amides is 2. The molecule has 0 fully saturated rings. The maximum Gasteiger partial charge on any atom is 0.287 e. The van der Waals surface area contributed by atoms with Gasteiger partial charge in [0.2, 0.25) is 5.78 Å². The Morgan fingerprint density at radius 2 is 1.85 bits per heavy atom. The molecule has 3 aromatic heterocycles. The Hall–Kier alpha value is -3.88. The minimum Gasteiger partial charge on any atom is -0.363 e. The van der Waals surface area contributed by atoms with E-state index in [-0.39, 0.29) is 12.1 Å². The van der Waals surface area contributed by atoms with Crippen LogP contribution in [0.3, 0.4) is 0 Å². The molecule has 0 aliphatic rings. The number of rotatable bonds is 7. The van der Waals surface area contributed by atoms with E-state index >= 15 is 0 Å². The Morgan fingerprint density at radius 3 is 2.52 bits per heavy atom. The topological polar surface area (TPSA) is 144 Å². The fourth-order valence-electron chi connectivity index (χ4n) is 2.53. The lowest BCUT2D eigenvalue weighted by atomic mass is 10.0. The summed E-state index contributed by atoms with van der Waals surface area (Å²) < 4.78 is 0. The smallest absolute Gasteiger partial charge is 0.287 e. The van der Waals surface area contributed by atoms with Crippen molar-refractivity contribution in [2.45, 2.75) is 12.5 Å². The van der Waals surface area contributed by atoms with Crippen LogP contribution in [0, 0.1) is 0 Å². The van der Waals surface area contributed by atoms with E-state index in [1.165, 1.54) is 6.33 Å². The molecule has 0 spiro atoms. The lowest BCUT2D eigenvalue weighted by molar-refractivity contribution is -0.137. The summed E-state index contributed by atoms with van der Waals surface area (Å²) in [7, 11) is 0. The van der Waals surface area contributed by atoms with Gasteiger partial charge in [0.1, 0.15) is 17.4 Å². The van der Waals surface area contributed by atoms with Crippen molar-refractivity contribution in [1.82, 2.24) is 25.3 Å². The molecule has 9 nitrogen and oxygen atoms in total. The Morgan fingerprint density at radius 1 is 1.07 bits per heavy atom. The number of carbonyl (C=O) groups excluding carboxylic acids is 3. The molecule has 0 bridgehead atoms. The molecule has 1 atom stereocenters. The second-order valence-electron chi connectivity index (χ2n) is 5.66. The van der Waals surface area contributed by atoms with Crippen LogP contribution in [0.4, 0.5) is 0 Å². The molecule has 27 heavy (non-hydrogen) atoms. The molecule has 2 amide bonds. The van der Waals surface area contributed by atoms with Gasteiger partial charge in [-0.3, -0.25) is 24.4 Å². The highest BCUT2D eigenvalue weighted by molar-refractivity contribution is 6.38. The van der Waals surface area contributed by atoms with Crippen LogP contribution in [0.25, 0.3) is 11.4 Å². The first-order valence-corrected chi connectivity index (χ1v) is 8.04. The standard InChI is InChI=1S/C18H16N6O3/c19-17(26)16(25)13(9-11-4-7-20-8-5-11)24-18(27)15-14(22-10-23-15)12-3-1-2-6-21-12/h1-8,10,13H,9H2,(H2,19,26)(H,22,23)(H,24,27). The fraction of sp³-hybridized carbons (Fsp3) is 0.111. The highest BCUT2D eigenvalue weighted by Crippen LogP contribution is 2.17. The van der Waals surface area contributed by atoms with Crippen molar-refractivity contribution in [1.29, 1.82) is 0 Å². The van der Waals surface area contributed by atoms with Crippen molar-refractivity contribution >= 4 is 17.6 Å². The van der Waals surface area contributed by atoms with Crippen LogP contribution in [0.5, 0.6) is 0 Å². The molecule has 3 aromatic rings. The van der Waals surface area contributed by atoms with Gasteiger partial charge >= 0.3 is 0 Å². The molecular formula is C18H16N6O3. The molecule has 3 rings (SSSR count). The van der Waals surface area contributed by atoms with E-state index in [4.69, 9.17) is 5.73 Å². The van der Waals surface area contributed by atoms with Crippen molar-refractivity contribution in [3.8, 4) is 11.4 Å². The van der Waals surface area contributed by atoms with Gasteiger partial charge in [0.25, 0.3) is 11.8 Å². The van der Waals surface area contributed by atoms with Gasteiger partial charge in [-0.05, 0) is 29.8 Å². The Kier molecular flexibility index (Phi) is 5.31. The highest BCUT2D eigenvalue weighted by Gasteiger charge is 2.27. The molecule has 136 valence electrons. The number of carbonyl (C=O) groups is 3. The quantitative estimate of drug-likeness (QED) is 0.513. The zero-order valence-electron chi connectivity index (χ0n) is 14.1. The molecule has 0 radical (unpaired) electrons. The summed E-state index contributed by atoms with van der Waals surface area (Å²) in [6, 6.07) is 7.47. The van der Waals surface area contributed by atoms with Gasteiger partial charge < -0.3 is 16.0 Å².